The largest absolute Gasteiger partial charge is 0.435 e. The first-order valence-electron chi connectivity index (χ1n) is 6.86. The third-order valence-corrected chi connectivity index (χ3v) is 4.76. The molecule has 112 valence electrons. The second-order valence-electron chi connectivity index (χ2n) is 4.97. The minimum absolute atomic E-state index is 0.498. The fraction of sp³-hybridized carbons (Fsp3) is 0.0588. The van der Waals surface area contributed by atoms with Gasteiger partial charge in [0.1, 0.15) is 5.75 Å². The average molecular weight is 332 g/mol. The normalized spacial score (nSPS) is 13.5. The lowest BCUT2D eigenvalue weighted by atomic mass is 10.1. The van der Waals surface area contributed by atoms with Gasteiger partial charge in [-0.15, -0.1) is 0 Å². The number of halogens is 1. The highest BCUT2D eigenvalue weighted by Gasteiger charge is 2.22. The van der Waals surface area contributed by atoms with Gasteiger partial charge < -0.3 is 4.52 Å². The molecule has 0 saturated heterocycles. The van der Waals surface area contributed by atoms with E-state index in [4.69, 9.17) is 15.8 Å². The van der Waals surface area contributed by atoms with Crippen molar-refractivity contribution in [2.24, 2.45) is 0 Å². The highest BCUT2D eigenvalue weighted by atomic mass is 35.7. The third kappa shape index (κ3) is 3.27. The van der Waals surface area contributed by atoms with Crippen molar-refractivity contribution in [2.45, 2.75) is 6.92 Å². The molecule has 0 aliphatic heterocycles. The van der Waals surface area contributed by atoms with E-state index in [0.717, 1.165) is 16.3 Å². The zero-order chi connectivity index (χ0) is 15.6. The summed E-state index contributed by atoms with van der Waals surface area (Å²) >= 11 is 6.10. The zero-order valence-electron chi connectivity index (χ0n) is 12.0. The van der Waals surface area contributed by atoms with Crippen molar-refractivity contribution in [3.63, 3.8) is 0 Å². The second kappa shape index (κ2) is 6.04. The molecule has 0 aliphatic rings. The van der Waals surface area contributed by atoms with Crippen LogP contribution >= 0.6 is 18.1 Å². The summed E-state index contributed by atoms with van der Waals surface area (Å²) < 4.78 is 18.2. The number of hydrogen-bond donors (Lipinski definition) is 1. The van der Waals surface area contributed by atoms with Gasteiger partial charge in [0.25, 0.3) is 0 Å². The maximum absolute atomic E-state index is 12.6. The van der Waals surface area contributed by atoms with Gasteiger partial charge >= 0.3 is 6.87 Å². The molecule has 3 aromatic carbocycles. The first-order valence-corrected chi connectivity index (χ1v) is 9.39. The van der Waals surface area contributed by atoms with Gasteiger partial charge in [-0.1, -0.05) is 54.6 Å². The molecule has 0 aromatic heterocycles. The van der Waals surface area contributed by atoms with Crippen molar-refractivity contribution in [2.75, 3.05) is 5.09 Å². The summed E-state index contributed by atoms with van der Waals surface area (Å²) in [4.78, 5) is 0. The Morgan fingerprint density at radius 1 is 0.955 bits per heavy atom. The summed E-state index contributed by atoms with van der Waals surface area (Å²) in [5, 5.41) is 4.68. The fourth-order valence-corrected chi connectivity index (χ4v) is 3.76. The van der Waals surface area contributed by atoms with E-state index in [1.54, 1.807) is 6.07 Å². The molecule has 3 aromatic rings. The Morgan fingerprint density at radius 3 is 2.45 bits per heavy atom. The third-order valence-electron chi connectivity index (χ3n) is 3.36. The molecular formula is C17H15ClNO2P. The molecule has 3 rings (SSSR count). The molecule has 3 nitrogen and oxygen atoms in total. The Labute approximate surface area is 134 Å². The van der Waals surface area contributed by atoms with Crippen molar-refractivity contribution in [3.8, 4) is 5.75 Å². The van der Waals surface area contributed by atoms with Crippen LogP contribution in [0.3, 0.4) is 0 Å². The molecule has 1 unspecified atom stereocenters. The second-order valence-corrected chi connectivity index (χ2v) is 7.68. The maximum atomic E-state index is 12.6. The van der Waals surface area contributed by atoms with Gasteiger partial charge in [0.05, 0.1) is 0 Å². The number of rotatable bonds is 4. The molecule has 0 amide bonds. The lowest BCUT2D eigenvalue weighted by Crippen LogP contribution is -2.00. The van der Waals surface area contributed by atoms with Gasteiger partial charge in [-0.05, 0) is 30.0 Å². The van der Waals surface area contributed by atoms with Crippen LogP contribution in [-0.4, -0.2) is 0 Å². The Kier molecular flexibility index (Phi) is 4.10. The van der Waals surface area contributed by atoms with Gasteiger partial charge in [0.15, 0.2) is 0 Å². The van der Waals surface area contributed by atoms with Gasteiger partial charge in [-0.25, -0.2) is 4.57 Å². The minimum atomic E-state index is -3.55. The molecule has 0 spiro atoms. The lowest BCUT2D eigenvalue weighted by Gasteiger charge is -2.17. The summed E-state index contributed by atoms with van der Waals surface area (Å²) in [7, 11) is 0. The lowest BCUT2D eigenvalue weighted by molar-refractivity contribution is 0.506. The van der Waals surface area contributed by atoms with E-state index < -0.39 is 6.87 Å². The summed E-state index contributed by atoms with van der Waals surface area (Å²) in [6, 6.07) is 20.8. The van der Waals surface area contributed by atoms with E-state index in [1.807, 2.05) is 67.6 Å². The monoisotopic (exact) mass is 331 g/mol. The molecule has 1 N–H and O–H groups in total. The highest BCUT2D eigenvalue weighted by molar-refractivity contribution is 7.86. The quantitative estimate of drug-likeness (QED) is 0.597. The number of para-hydroxylation sites is 1. The Morgan fingerprint density at radius 2 is 1.64 bits per heavy atom. The highest BCUT2D eigenvalue weighted by Crippen LogP contribution is 2.53. The molecule has 1 atom stereocenters. The topological polar surface area (TPSA) is 38.3 Å². The van der Waals surface area contributed by atoms with Gasteiger partial charge in [-0.2, -0.15) is 0 Å². The van der Waals surface area contributed by atoms with Crippen LogP contribution in [0.25, 0.3) is 10.8 Å². The molecule has 0 heterocycles. The van der Waals surface area contributed by atoms with Crippen molar-refractivity contribution < 1.29 is 9.09 Å². The Balaban J connectivity index is 1.90. The zero-order valence-corrected chi connectivity index (χ0v) is 13.6. The molecule has 0 fully saturated rings. The number of hydrogen-bond acceptors (Lipinski definition) is 2. The predicted octanol–water partition coefficient (Wildman–Crippen LogP) is 5.99. The molecule has 0 radical (unpaired) electrons. The molecular weight excluding hydrogens is 317 g/mol. The van der Waals surface area contributed by atoms with E-state index in [2.05, 4.69) is 5.09 Å². The summed E-state index contributed by atoms with van der Waals surface area (Å²) in [5.74, 6) is 0.498. The number of anilines is 1. The van der Waals surface area contributed by atoms with Crippen molar-refractivity contribution in [1.82, 2.24) is 0 Å². The van der Waals surface area contributed by atoms with Crippen molar-refractivity contribution in [3.05, 3.63) is 72.3 Å². The average Bonchev–Trinajstić information content (AvgIpc) is 2.49. The van der Waals surface area contributed by atoms with Gasteiger partial charge in [0, 0.05) is 22.3 Å². The standard InChI is InChI=1S/C17H15ClNO2P/c1-13-7-2-5-11-16(13)19-22(18,20)21-17-12-6-9-14-8-3-4-10-15(14)17/h2-12H,1H3,(H,19,20). The number of aryl methyl sites for hydroxylation is 1. The van der Waals surface area contributed by atoms with Crippen LogP contribution in [0.15, 0.2) is 66.7 Å². The minimum Gasteiger partial charge on any atom is -0.418 e. The Hall–Kier alpha value is -1.96. The summed E-state index contributed by atoms with van der Waals surface area (Å²) in [6.07, 6.45) is 0. The van der Waals surface area contributed by atoms with Crippen molar-refractivity contribution in [1.29, 1.82) is 0 Å². The number of benzene rings is 3. The van der Waals surface area contributed by atoms with Crippen LogP contribution in [0.4, 0.5) is 5.69 Å². The molecule has 22 heavy (non-hydrogen) atoms. The number of nitrogens with one attached hydrogen (secondary N) is 1. The van der Waals surface area contributed by atoms with E-state index in [0.29, 0.717) is 11.4 Å². The van der Waals surface area contributed by atoms with Crippen LogP contribution in [-0.2, 0) is 4.57 Å². The SMILES string of the molecule is Cc1ccccc1NP(=O)(Cl)Oc1cccc2ccccc12. The van der Waals surface area contributed by atoms with Gasteiger partial charge in [-0.3, -0.25) is 5.09 Å². The number of fused-ring (bicyclic) bond motifs is 1. The first kappa shape index (κ1) is 15.0. The van der Waals surface area contributed by atoms with Crippen LogP contribution in [0.2, 0.25) is 0 Å². The first-order chi connectivity index (χ1) is 10.6. The van der Waals surface area contributed by atoms with Crippen LogP contribution < -0.4 is 9.61 Å². The van der Waals surface area contributed by atoms with E-state index in [-0.39, 0.29) is 0 Å². The van der Waals surface area contributed by atoms with E-state index in [1.165, 1.54) is 0 Å². The molecule has 0 aliphatic carbocycles. The van der Waals surface area contributed by atoms with Crippen LogP contribution in [0, 0.1) is 6.92 Å². The van der Waals surface area contributed by atoms with Crippen LogP contribution in [0.1, 0.15) is 5.56 Å². The van der Waals surface area contributed by atoms with Crippen LogP contribution in [0.5, 0.6) is 5.75 Å². The fourth-order valence-electron chi connectivity index (χ4n) is 2.27. The summed E-state index contributed by atoms with van der Waals surface area (Å²) in [5.41, 5.74) is 1.64. The smallest absolute Gasteiger partial charge is 0.418 e. The van der Waals surface area contributed by atoms with E-state index in [9.17, 15) is 4.57 Å². The molecule has 0 bridgehead atoms. The van der Waals surface area contributed by atoms with Crippen molar-refractivity contribution >= 4 is 34.6 Å². The Bertz CT molecular complexity index is 861. The maximum Gasteiger partial charge on any atom is 0.435 e. The molecule has 5 heteroatoms. The predicted molar refractivity (Wildman–Crippen MR) is 92.8 cm³/mol. The van der Waals surface area contributed by atoms with E-state index >= 15 is 0 Å². The molecule has 0 saturated carbocycles. The van der Waals surface area contributed by atoms with Gasteiger partial charge in [0.2, 0.25) is 0 Å². The summed E-state index contributed by atoms with van der Waals surface area (Å²) in [6.45, 7) is -1.63.